The maximum atomic E-state index is 12.2. The van der Waals surface area contributed by atoms with E-state index in [4.69, 9.17) is 0 Å². The highest BCUT2D eigenvalue weighted by molar-refractivity contribution is 5.94. The van der Waals surface area contributed by atoms with E-state index < -0.39 is 0 Å². The predicted molar refractivity (Wildman–Crippen MR) is 114 cm³/mol. The number of phenolic OH excluding ortho intramolecular Hbond substituents is 1. The Morgan fingerprint density at radius 2 is 1.87 bits per heavy atom. The molecule has 0 bridgehead atoms. The van der Waals surface area contributed by atoms with E-state index in [1.54, 1.807) is 12.1 Å². The van der Waals surface area contributed by atoms with Gasteiger partial charge in [-0.2, -0.15) is 5.10 Å². The number of phenols is 1. The summed E-state index contributed by atoms with van der Waals surface area (Å²) in [7, 11) is 0. The van der Waals surface area contributed by atoms with Gasteiger partial charge in [-0.1, -0.05) is 6.07 Å². The first-order chi connectivity index (χ1) is 14.3. The third-order valence-electron chi connectivity index (χ3n) is 4.96. The second kappa shape index (κ2) is 9.39. The summed E-state index contributed by atoms with van der Waals surface area (Å²) in [6.45, 7) is 6.80. The highest BCUT2D eigenvalue weighted by atomic mass is 16.3. The molecule has 0 radical (unpaired) electrons. The first-order valence-corrected chi connectivity index (χ1v) is 10.0. The SMILES string of the molecule is Cc1cc2nc(C)c(CCC(=O)NCCCNC(=O)c3cccc(O)c3)c(C)n2n1. The summed E-state index contributed by atoms with van der Waals surface area (Å²) in [5, 5.41) is 19.5. The summed E-state index contributed by atoms with van der Waals surface area (Å²) < 4.78 is 1.82. The van der Waals surface area contributed by atoms with Crippen molar-refractivity contribution in [1.82, 2.24) is 25.2 Å². The Kier molecular flexibility index (Phi) is 6.66. The first-order valence-electron chi connectivity index (χ1n) is 10.0. The summed E-state index contributed by atoms with van der Waals surface area (Å²) >= 11 is 0. The van der Waals surface area contributed by atoms with Crippen LogP contribution in [0.2, 0.25) is 0 Å². The lowest BCUT2D eigenvalue weighted by molar-refractivity contribution is -0.121. The quantitative estimate of drug-likeness (QED) is 0.495. The van der Waals surface area contributed by atoms with Crippen LogP contribution in [0.5, 0.6) is 5.75 Å². The van der Waals surface area contributed by atoms with Crippen molar-refractivity contribution in [3.8, 4) is 5.75 Å². The number of hydrogen-bond acceptors (Lipinski definition) is 5. The van der Waals surface area contributed by atoms with Crippen molar-refractivity contribution >= 4 is 17.5 Å². The molecule has 0 spiro atoms. The summed E-state index contributed by atoms with van der Waals surface area (Å²) in [4.78, 5) is 28.8. The van der Waals surface area contributed by atoms with Crippen molar-refractivity contribution in [1.29, 1.82) is 0 Å². The summed E-state index contributed by atoms with van der Waals surface area (Å²) in [5.74, 6) is -0.234. The molecule has 0 aliphatic rings. The van der Waals surface area contributed by atoms with Gasteiger partial charge in [0.25, 0.3) is 5.91 Å². The molecule has 1 aromatic carbocycles. The smallest absolute Gasteiger partial charge is 0.251 e. The largest absolute Gasteiger partial charge is 0.508 e. The monoisotopic (exact) mass is 409 g/mol. The molecular formula is C22H27N5O3. The lowest BCUT2D eigenvalue weighted by Gasteiger charge is -2.11. The van der Waals surface area contributed by atoms with Crippen LogP contribution >= 0.6 is 0 Å². The number of fused-ring (bicyclic) bond motifs is 1. The first kappa shape index (κ1) is 21.3. The van der Waals surface area contributed by atoms with Gasteiger partial charge in [-0.25, -0.2) is 9.50 Å². The average molecular weight is 409 g/mol. The Morgan fingerprint density at radius 3 is 2.63 bits per heavy atom. The zero-order valence-corrected chi connectivity index (χ0v) is 17.5. The van der Waals surface area contributed by atoms with Crippen molar-refractivity contribution in [2.75, 3.05) is 13.1 Å². The van der Waals surface area contributed by atoms with Crippen LogP contribution in [0.3, 0.4) is 0 Å². The normalized spacial score (nSPS) is 10.9. The van der Waals surface area contributed by atoms with Gasteiger partial charge in [-0.05, 0) is 57.4 Å². The molecule has 0 unspecified atom stereocenters. The zero-order valence-electron chi connectivity index (χ0n) is 17.5. The van der Waals surface area contributed by atoms with Crippen molar-refractivity contribution in [2.45, 2.75) is 40.0 Å². The molecular weight excluding hydrogens is 382 g/mol. The molecule has 0 aliphatic carbocycles. The number of nitrogens with one attached hydrogen (secondary N) is 2. The lowest BCUT2D eigenvalue weighted by atomic mass is 10.1. The van der Waals surface area contributed by atoms with E-state index in [1.165, 1.54) is 12.1 Å². The number of nitrogens with zero attached hydrogens (tertiary/aromatic N) is 3. The van der Waals surface area contributed by atoms with Gasteiger partial charge in [0.2, 0.25) is 5.91 Å². The number of aromatic nitrogens is 3. The Morgan fingerprint density at radius 1 is 1.10 bits per heavy atom. The maximum absolute atomic E-state index is 12.2. The Labute approximate surface area is 175 Å². The van der Waals surface area contributed by atoms with Gasteiger partial charge in [0.1, 0.15) is 5.75 Å². The van der Waals surface area contributed by atoms with Crippen molar-refractivity contribution < 1.29 is 14.7 Å². The lowest BCUT2D eigenvalue weighted by Crippen LogP contribution is -2.30. The Hall–Kier alpha value is -3.42. The molecule has 3 N–H and O–H groups in total. The van der Waals surface area contributed by atoms with Crippen molar-refractivity contribution in [3.05, 3.63) is 58.5 Å². The van der Waals surface area contributed by atoms with Gasteiger partial charge in [0.05, 0.1) is 5.69 Å². The van der Waals surface area contributed by atoms with Crippen LogP contribution in [0, 0.1) is 20.8 Å². The van der Waals surface area contributed by atoms with Gasteiger partial charge in [-0.3, -0.25) is 9.59 Å². The molecule has 158 valence electrons. The summed E-state index contributed by atoms with van der Waals surface area (Å²) in [5.41, 5.74) is 5.11. The molecule has 3 rings (SSSR count). The third kappa shape index (κ3) is 5.14. The number of rotatable bonds is 8. The van der Waals surface area contributed by atoms with Crippen LogP contribution in [0.1, 0.15) is 45.8 Å². The molecule has 0 fully saturated rings. The van der Waals surface area contributed by atoms with E-state index >= 15 is 0 Å². The average Bonchev–Trinajstić information content (AvgIpc) is 3.07. The van der Waals surface area contributed by atoms with Crippen LogP contribution in [0.25, 0.3) is 5.65 Å². The van der Waals surface area contributed by atoms with E-state index in [0.717, 1.165) is 28.3 Å². The number of amides is 2. The van der Waals surface area contributed by atoms with E-state index in [9.17, 15) is 14.7 Å². The van der Waals surface area contributed by atoms with Gasteiger partial charge in [0, 0.05) is 42.5 Å². The minimum absolute atomic E-state index is 0.0372. The minimum Gasteiger partial charge on any atom is -0.508 e. The van der Waals surface area contributed by atoms with Crippen LogP contribution in [-0.2, 0) is 11.2 Å². The Bertz CT molecular complexity index is 1070. The number of aromatic hydroxyl groups is 1. The van der Waals surface area contributed by atoms with Gasteiger partial charge in [0.15, 0.2) is 5.65 Å². The molecule has 8 heteroatoms. The fraction of sp³-hybridized carbons (Fsp3) is 0.364. The molecule has 2 amide bonds. The second-order valence-corrected chi connectivity index (χ2v) is 7.33. The number of carbonyl (C=O) groups excluding carboxylic acids is 2. The van der Waals surface area contributed by atoms with E-state index in [0.29, 0.717) is 37.9 Å². The van der Waals surface area contributed by atoms with Crippen molar-refractivity contribution in [2.24, 2.45) is 0 Å². The van der Waals surface area contributed by atoms with Gasteiger partial charge >= 0.3 is 0 Å². The third-order valence-corrected chi connectivity index (χ3v) is 4.96. The number of benzene rings is 1. The molecule has 30 heavy (non-hydrogen) atoms. The maximum Gasteiger partial charge on any atom is 0.251 e. The van der Waals surface area contributed by atoms with Crippen LogP contribution in [0.15, 0.2) is 30.3 Å². The predicted octanol–water partition coefficient (Wildman–Crippen LogP) is 2.23. The molecule has 2 heterocycles. The number of aryl methyl sites for hydroxylation is 3. The molecule has 3 aromatic rings. The molecule has 8 nitrogen and oxygen atoms in total. The topological polar surface area (TPSA) is 109 Å². The molecule has 0 saturated carbocycles. The molecule has 0 atom stereocenters. The van der Waals surface area contributed by atoms with Crippen LogP contribution < -0.4 is 10.6 Å². The zero-order chi connectivity index (χ0) is 21.7. The molecule has 0 aliphatic heterocycles. The minimum atomic E-state index is -0.250. The number of carbonyl (C=O) groups is 2. The molecule has 2 aromatic heterocycles. The van der Waals surface area contributed by atoms with E-state index in [1.807, 2.05) is 31.4 Å². The summed E-state index contributed by atoms with van der Waals surface area (Å²) in [6, 6.07) is 8.12. The van der Waals surface area contributed by atoms with Gasteiger partial charge < -0.3 is 15.7 Å². The fourth-order valence-corrected chi connectivity index (χ4v) is 3.40. The van der Waals surface area contributed by atoms with E-state index in [2.05, 4.69) is 20.7 Å². The summed E-state index contributed by atoms with van der Waals surface area (Å²) in [6.07, 6.45) is 1.58. The standard InChI is InChI=1S/C22H27N5O3/c1-14-12-20-25-15(2)19(16(3)27(20)26-14)8-9-21(29)23-10-5-11-24-22(30)17-6-4-7-18(28)13-17/h4,6-7,12-13,28H,5,8-11H2,1-3H3,(H,23,29)(H,24,30). The van der Waals surface area contributed by atoms with Gasteiger partial charge in [-0.15, -0.1) is 0 Å². The highest BCUT2D eigenvalue weighted by Crippen LogP contribution is 2.17. The van der Waals surface area contributed by atoms with E-state index in [-0.39, 0.29) is 17.6 Å². The Balaban J connectivity index is 1.41. The van der Waals surface area contributed by atoms with Crippen molar-refractivity contribution in [3.63, 3.8) is 0 Å². The van der Waals surface area contributed by atoms with Crippen LogP contribution in [0.4, 0.5) is 0 Å². The second-order valence-electron chi connectivity index (χ2n) is 7.33. The fourth-order valence-electron chi connectivity index (χ4n) is 3.40. The van der Waals surface area contributed by atoms with Crippen LogP contribution in [-0.4, -0.2) is 44.6 Å². The number of hydrogen-bond donors (Lipinski definition) is 3. The molecule has 0 saturated heterocycles. The highest BCUT2D eigenvalue weighted by Gasteiger charge is 2.13.